The van der Waals surface area contributed by atoms with Crippen LogP contribution >= 0.6 is 11.6 Å². The molecule has 0 aromatic heterocycles. The molecule has 0 bridgehead atoms. The van der Waals surface area contributed by atoms with Crippen molar-refractivity contribution in [2.45, 2.75) is 11.0 Å². The molecule has 6 nitrogen and oxygen atoms in total. The Labute approximate surface area is 158 Å². The molecule has 1 atom stereocenters. The van der Waals surface area contributed by atoms with Crippen LogP contribution in [-0.4, -0.2) is 52.2 Å². The molecule has 0 aliphatic carbocycles. The van der Waals surface area contributed by atoms with Crippen molar-refractivity contribution in [3.63, 3.8) is 0 Å². The summed E-state index contributed by atoms with van der Waals surface area (Å²) in [5.74, 6) is 1.35. The van der Waals surface area contributed by atoms with E-state index in [0.29, 0.717) is 24.0 Å². The number of hydrogen-bond donors (Lipinski definition) is 0. The summed E-state index contributed by atoms with van der Waals surface area (Å²) in [6.45, 7) is 1.11. The van der Waals surface area contributed by atoms with Gasteiger partial charge in [0.2, 0.25) is 10.0 Å². The first-order chi connectivity index (χ1) is 12.5. The molecule has 1 aliphatic heterocycles. The van der Waals surface area contributed by atoms with Gasteiger partial charge in [-0.15, -0.1) is 0 Å². The first-order valence-electron chi connectivity index (χ1n) is 8.13. The average Bonchev–Trinajstić information content (AvgIpc) is 2.89. The maximum absolute atomic E-state index is 12.9. The third kappa shape index (κ3) is 4.48. The molecule has 3 rings (SSSR count). The van der Waals surface area contributed by atoms with Crippen LogP contribution in [-0.2, 0) is 14.8 Å². The minimum Gasteiger partial charge on any atom is -0.497 e. The number of methoxy groups -OCH3 is 1. The monoisotopic (exact) mass is 397 g/mol. The molecule has 26 heavy (non-hydrogen) atoms. The molecule has 1 fully saturated rings. The third-order valence-electron chi connectivity index (χ3n) is 4.01. The van der Waals surface area contributed by atoms with Gasteiger partial charge in [0.15, 0.2) is 0 Å². The van der Waals surface area contributed by atoms with Crippen molar-refractivity contribution in [1.29, 1.82) is 0 Å². The Morgan fingerprint density at radius 1 is 1.08 bits per heavy atom. The average molecular weight is 398 g/mol. The lowest BCUT2D eigenvalue weighted by Gasteiger charge is -2.24. The quantitative estimate of drug-likeness (QED) is 0.776. The second-order valence-electron chi connectivity index (χ2n) is 5.81. The maximum Gasteiger partial charge on any atom is 0.243 e. The number of rotatable bonds is 5. The molecule has 0 N–H and O–H groups in total. The number of ether oxygens (including phenoxy) is 3. The molecular formula is C18H20ClNO5S. The zero-order valence-corrected chi connectivity index (χ0v) is 15.9. The Morgan fingerprint density at radius 3 is 2.38 bits per heavy atom. The van der Waals surface area contributed by atoms with Gasteiger partial charge >= 0.3 is 0 Å². The van der Waals surface area contributed by atoms with Gasteiger partial charge in [0.05, 0.1) is 31.8 Å². The molecule has 8 heteroatoms. The van der Waals surface area contributed by atoms with Crippen molar-refractivity contribution in [3.8, 4) is 11.5 Å². The van der Waals surface area contributed by atoms with Crippen LogP contribution in [0.4, 0.5) is 0 Å². The van der Waals surface area contributed by atoms with E-state index in [4.69, 9.17) is 25.8 Å². The highest BCUT2D eigenvalue weighted by atomic mass is 35.5. The Kier molecular flexibility index (Phi) is 6.03. The zero-order valence-electron chi connectivity index (χ0n) is 14.3. The smallest absolute Gasteiger partial charge is 0.243 e. The molecule has 0 saturated carbocycles. The van der Waals surface area contributed by atoms with Gasteiger partial charge in [-0.2, -0.15) is 4.31 Å². The summed E-state index contributed by atoms with van der Waals surface area (Å²) in [7, 11) is -2.05. The van der Waals surface area contributed by atoms with E-state index in [1.807, 2.05) is 0 Å². The van der Waals surface area contributed by atoms with Crippen LogP contribution in [0.1, 0.15) is 0 Å². The fourth-order valence-electron chi connectivity index (χ4n) is 2.64. The van der Waals surface area contributed by atoms with Crippen LogP contribution in [0.5, 0.6) is 11.5 Å². The van der Waals surface area contributed by atoms with Crippen LogP contribution in [0.3, 0.4) is 0 Å². The molecule has 1 heterocycles. The van der Waals surface area contributed by atoms with Crippen molar-refractivity contribution in [2.24, 2.45) is 0 Å². The molecule has 1 aliphatic rings. The van der Waals surface area contributed by atoms with Gasteiger partial charge in [0.25, 0.3) is 0 Å². The van der Waals surface area contributed by atoms with E-state index >= 15 is 0 Å². The molecular weight excluding hydrogens is 378 g/mol. The second kappa shape index (κ2) is 8.26. The van der Waals surface area contributed by atoms with Gasteiger partial charge in [-0.25, -0.2) is 8.42 Å². The normalized spacial score (nSPS) is 18.9. The lowest BCUT2D eigenvalue weighted by Crippen LogP contribution is -2.39. The summed E-state index contributed by atoms with van der Waals surface area (Å²) in [4.78, 5) is 0.201. The lowest BCUT2D eigenvalue weighted by molar-refractivity contribution is 0.0722. The molecule has 0 amide bonds. The second-order valence-corrected chi connectivity index (χ2v) is 8.18. The molecule has 0 radical (unpaired) electrons. The van der Waals surface area contributed by atoms with Gasteiger partial charge in [-0.1, -0.05) is 11.6 Å². The lowest BCUT2D eigenvalue weighted by atomic mass is 10.3. The van der Waals surface area contributed by atoms with Gasteiger partial charge in [-0.05, 0) is 48.5 Å². The number of benzene rings is 2. The van der Waals surface area contributed by atoms with E-state index in [9.17, 15) is 8.42 Å². The Balaban J connectivity index is 1.74. The zero-order chi connectivity index (χ0) is 18.6. The van der Waals surface area contributed by atoms with Crippen molar-refractivity contribution >= 4 is 21.6 Å². The van der Waals surface area contributed by atoms with Gasteiger partial charge in [-0.3, -0.25) is 0 Å². The van der Waals surface area contributed by atoms with Gasteiger partial charge in [0.1, 0.15) is 17.6 Å². The van der Waals surface area contributed by atoms with E-state index in [-0.39, 0.29) is 18.0 Å². The van der Waals surface area contributed by atoms with Crippen LogP contribution in [0.25, 0.3) is 0 Å². The molecule has 140 valence electrons. The van der Waals surface area contributed by atoms with Crippen molar-refractivity contribution in [3.05, 3.63) is 53.6 Å². The number of nitrogens with zero attached hydrogens (tertiary/aromatic N) is 1. The fourth-order valence-corrected chi connectivity index (χ4v) is 4.23. The highest BCUT2D eigenvalue weighted by Gasteiger charge is 2.30. The molecule has 2 aromatic carbocycles. The number of sulfonamides is 1. The first kappa shape index (κ1) is 19.0. The summed E-state index contributed by atoms with van der Waals surface area (Å²) in [6.07, 6.45) is -0.409. The van der Waals surface area contributed by atoms with E-state index in [1.54, 1.807) is 43.5 Å². The summed E-state index contributed by atoms with van der Waals surface area (Å²) in [5, 5.41) is 0.490. The molecule has 2 aromatic rings. The maximum atomic E-state index is 12.9. The number of hydrogen-bond acceptors (Lipinski definition) is 5. The molecule has 1 saturated heterocycles. The SMILES string of the molecule is COc1ccc(O[C@H]2COCCN(S(=O)(=O)c3ccc(Cl)cc3)C2)cc1. The third-order valence-corrected chi connectivity index (χ3v) is 6.14. The first-order valence-corrected chi connectivity index (χ1v) is 9.95. The summed E-state index contributed by atoms with van der Waals surface area (Å²) < 4.78 is 43.7. The topological polar surface area (TPSA) is 65.1 Å². The van der Waals surface area contributed by atoms with Crippen molar-refractivity contribution in [1.82, 2.24) is 4.31 Å². The standard InChI is InChI=1S/C18H20ClNO5S/c1-23-15-4-6-16(7-5-15)25-17-12-20(10-11-24-13-17)26(21,22)18-8-2-14(19)3-9-18/h2-9,17H,10-13H2,1H3/t17-/m1/s1. The fraction of sp³-hybridized carbons (Fsp3) is 0.333. The van der Waals surface area contributed by atoms with Crippen molar-refractivity contribution < 1.29 is 22.6 Å². The van der Waals surface area contributed by atoms with Crippen LogP contribution in [0, 0.1) is 0 Å². The van der Waals surface area contributed by atoms with E-state index in [0.717, 1.165) is 5.75 Å². The highest BCUT2D eigenvalue weighted by Crippen LogP contribution is 2.22. The predicted molar refractivity (Wildman–Crippen MR) is 98.4 cm³/mol. The Morgan fingerprint density at radius 2 is 1.73 bits per heavy atom. The Hall–Kier alpha value is -1.80. The minimum absolute atomic E-state index is 0.201. The number of halogens is 1. The Bertz CT molecular complexity index is 824. The summed E-state index contributed by atoms with van der Waals surface area (Å²) in [5.41, 5.74) is 0. The van der Waals surface area contributed by atoms with Gasteiger partial charge in [0, 0.05) is 11.6 Å². The minimum atomic E-state index is -3.64. The van der Waals surface area contributed by atoms with E-state index in [1.165, 1.54) is 16.4 Å². The predicted octanol–water partition coefficient (Wildman–Crippen LogP) is 2.82. The van der Waals surface area contributed by atoms with Gasteiger partial charge < -0.3 is 14.2 Å². The summed E-state index contributed by atoms with van der Waals surface area (Å²) >= 11 is 5.85. The summed E-state index contributed by atoms with van der Waals surface area (Å²) in [6, 6.07) is 13.3. The highest BCUT2D eigenvalue weighted by molar-refractivity contribution is 7.89. The molecule has 0 spiro atoms. The van der Waals surface area contributed by atoms with Crippen LogP contribution in [0.2, 0.25) is 5.02 Å². The van der Waals surface area contributed by atoms with Crippen LogP contribution < -0.4 is 9.47 Å². The van der Waals surface area contributed by atoms with Crippen molar-refractivity contribution in [2.75, 3.05) is 33.4 Å². The van der Waals surface area contributed by atoms with Crippen LogP contribution in [0.15, 0.2) is 53.4 Å². The largest absolute Gasteiger partial charge is 0.497 e. The molecule has 0 unspecified atom stereocenters. The van der Waals surface area contributed by atoms with E-state index < -0.39 is 16.1 Å². The van der Waals surface area contributed by atoms with E-state index in [2.05, 4.69) is 0 Å².